The Hall–Kier alpha value is -1.30. The van der Waals surface area contributed by atoms with Crippen molar-refractivity contribution in [2.45, 2.75) is 46.1 Å². The van der Waals surface area contributed by atoms with Crippen LogP contribution in [0.4, 0.5) is 4.79 Å². The van der Waals surface area contributed by atoms with E-state index in [1.54, 1.807) is 13.8 Å². The van der Waals surface area contributed by atoms with Gasteiger partial charge >= 0.3 is 12.0 Å². The Bertz CT molecular complexity index is 337. The average molecular weight is 287 g/mol. The van der Waals surface area contributed by atoms with Gasteiger partial charge in [-0.2, -0.15) is 0 Å². The van der Waals surface area contributed by atoms with Crippen molar-refractivity contribution in [2.24, 2.45) is 5.41 Å². The summed E-state index contributed by atoms with van der Waals surface area (Å²) in [6.45, 7) is 8.94. The highest BCUT2D eigenvalue weighted by atomic mass is 16.4. The van der Waals surface area contributed by atoms with Gasteiger partial charge in [0.2, 0.25) is 0 Å². The van der Waals surface area contributed by atoms with E-state index in [1.807, 2.05) is 14.1 Å². The molecule has 2 amide bonds. The molecular weight excluding hydrogens is 258 g/mol. The van der Waals surface area contributed by atoms with Crippen molar-refractivity contribution in [1.29, 1.82) is 0 Å². The molecule has 0 bridgehead atoms. The number of hydrogen-bond acceptors (Lipinski definition) is 3. The van der Waals surface area contributed by atoms with E-state index in [9.17, 15) is 14.7 Å². The lowest BCUT2D eigenvalue weighted by atomic mass is 9.92. The second kappa shape index (κ2) is 7.47. The molecule has 0 saturated carbocycles. The third-order valence-electron chi connectivity index (χ3n) is 3.44. The number of urea groups is 1. The summed E-state index contributed by atoms with van der Waals surface area (Å²) in [4.78, 5) is 25.3. The summed E-state index contributed by atoms with van der Waals surface area (Å²) >= 11 is 0. The summed E-state index contributed by atoms with van der Waals surface area (Å²) in [5.41, 5.74) is -1.26. The molecule has 3 N–H and O–H groups in total. The molecule has 118 valence electrons. The van der Waals surface area contributed by atoms with Crippen LogP contribution in [0.5, 0.6) is 0 Å². The number of nitrogens with zero attached hydrogens (tertiary/aromatic N) is 1. The predicted molar refractivity (Wildman–Crippen MR) is 79.8 cm³/mol. The Balaban J connectivity index is 4.53. The molecular formula is C14H29N3O3. The zero-order valence-electron chi connectivity index (χ0n) is 13.5. The van der Waals surface area contributed by atoms with Crippen LogP contribution in [0, 0.1) is 5.41 Å². The monoisotopic (exact) mass is 287 g/mol. The highest BCUT2D eigenvalue weighted by Crippen LogP contribution is 2.16. The molecule has 0 radical (unpaired) electrons. The van der Waals surface area contributed by atoms with E-state index in [0.29, 0.717) is 19.4 Å². The van der Waals surface area contributed by atoms with Crippen molar-refractivity contribution in [3.8, 4) is 0 Å². The van der Waals surface area contributed by atoms with Crippen molar-refractivity contribution >= 4 is 12.0 Å². The number of nitrogens with one attached hydrogen (secondary N) is 2. The number of hydrogen-bond donors (Lipinski definition) is 3. The molecule has 0 unspecified atom stereocenters. The molecule has 6 heteroatoms. The van der Waals surface area contributed by atoms with Gasteiger partial charge in [-0.05, 0) is 32.4 Å². The number of aliphatic carboxylic acids is 1. The van der Waals surface area contributed by atoms with Crippen molar-refractivity contribution in [3.63, 3.8) is 0 Å². The topological polar surface area (TPSA) is 81.7 Å². The van der Waals surface area contributed by atoms with Crippen LogP contribution in [-0.2, 0) is 4.79 Å². The van der Waals surface area contributed by atoms with Gasteiger partial charge in [0.05, 0.1) is 0 Å². The molecule has 0 heterocycles. The van der Waals surface area contributed by atoms with Gasteiger partial charge in [0.1, 0.15) is 5.54 Å². The first-order chi connectivity index (χ1) is 9.08. The maximum Gasteiger partial charge on any atom is 0.329 e. The Morgan fingerprint density at radius 2 is 1.65 bits per heavy atom. The van der Waals surface area contributed by atoms with Crippen LogP contribution in [0.3, 0.4) is 0 Å². The summed E-state index contributed by atoms with van der Waals surface area (Å²) in [6.07, 6.45) is 0.709. The van der Waals surface area contributed by atoms with Crippen LogP contribution >= 0.6 is 0 Å². The lowest BCUT2D eigenvalue weighted by Crippen LogP contribution is -2.57. The molecule has 0 rings (SSSR count). The number of carboxylic acids is 1. The standard InChI is InChI=1S/C14H29N3O3/c1-7-14(8-2,11(18)19)16-12(20)15-9-13(3,4)10-17(5)6/h7-10H2,1-6H3,(H,18,19)(H2,15,16,20). The second-order valence-corrected chi connectivity index (χ2v) is 6.30. The van der Waals surface area contributed by atoms with E-state index < -0.39 is 17.5 Å². The Morgan fingerprint density at radius 1 is 1.15 bits per heavy atom. The molecule has 0 aromatic carbocycles. The average Bonchev–Trinajstić information content (AvgIpc) is 2.32. The first kappa shape index (κ1) is 18.7. The van der Waals surface area contributed by atoms with Crippen LogP contribution in [0.15, 0.2) is 0 Å². The summed E-state index contributed by atoms with van der Waals surface area (Å²) in [6, 6.07) is -0.428. The smallest absolute Gasteiger partial charge is 0.329 e. The quantitative estimate of drug-likeness (QED) is 0.632. The van der Waals surface area contributed by atoms with Crippen LogP contribution in [-0.4, -0.2) is 54.7 Å². The predicted octanol–water partition coefficient (Wildman–Crippen LogP) is 1.52. The lowest BCUT2D eigenvalue weighted by Gasteiger charge is -2.31. The van der Waals surface area contributed by atoms with Gasteiger partial charge < -0.3 is 20.6 Å². The van der Waals surface area contributed by atoms with Gasteiger partial charge in [0, 0.05) is 13.1 Å². The number of rotatable bonds is 8. The number of carbonyl (C=O) groups is 2. The van der Waals surface area contributed by atoms with Crippen LogP contribution in [0.2, 0.25) is 0 Å². The summed E-state index contributed by atoms with van der Waals surface area (Å²) in [5, 5.41) is 14.6. The Kier molecular flexibility index (Phi) is 6.99. The molecule has 0 saturated heterocycles. The molecule has 0 fully saturated rings. The van der Waals surface area contributed by atoms with E-state index in [0.717, 1.165) is 6.54 Å². The summed E-state index contributed by atoms with van der Waals surface area (Å²) in [7, 11) is 3.96. The van der Waals surface area contributed by atoms with Gasteiger partial charge in [-0.1, -0.05) is 27.7 Å². The molecule has 0 aliphatic rings. The summed E-state index contributed by atoms with van der Waals surface area (Å²) < 4.78 is 0. The maximum atomic E-state index is 11.9. The minimum absolute atomic E-state index is 0.0782. The Morgan fingerprint density at radius 3 is 2.00 bits per heavy atom. The number of carboxylic acid groups (broad SMARTS) is 1. The van der Waals surface area contributed by atoms with Gasteiger partial charge in [-0.3, -0.25) is 0 Å². The molecule has 0 atom stereocenters. The lowest BCUT2D eigenvalue weighted by molar-refractivity contribution is -0.144. The van der Waals surface area contributed by atoms with Gasteiger partial charge in [-0.15, -0.1) is 0 Å². The molecule has 0 spiro atoms. The second-order valence-electron chi connectivity index (χ2n) is 6.30. The third-order valence-corrected chi connectivity index (χ3v) is 3.44. The maximum absolute atomic E-state index is 11.9. The zero-order chi connectivity index (χ0) is 16.0. The molecule has 0 aromatic heterocycles. The van der Waals surface area contributed by atoms with Crippen LogP contribution in [0.25, 0.3) is 0 Å². The SMILES string of the molecule is CCC(CC)(NC(=O)NCC(C)(C)CN(C)C)C(=O)O. The third kappa shape index (κ3) is 5.77. The fourth-order valence-corrected chi connectivity index (χ4v) is 2.28. The van der Waals surface area contributed by atoms with Gasteiger partial charge in [0.15, 0.2) is 0 Å². The highest BCUT2D eigenvalue weighted by molar-refractivity contribution is 5.86. The fourth-order valence-electron chi connectivity index (χ4n) is 2.28. The zero-order valence-corrected chi connectivity index (χ0v) is 13.5. The molecule has 0 aromatic rings. The van der Waals surface area contributed by atoms with E-state index in [2.05, 4.69) is 29.4 Å². The van der Waals surface area contributed by atoms with Crippen molar-refractivity contribution in [3.05, 3.63) is 0 Å². The van der Waals surface area contributed by atoms with E-state index >= 15 is 0 Å². The summed E-state index contributed by atoms with van der Waals surface area (Å²) in [5.74, 6) is -0.995. The minimum Gasteiger partial charge on any atom is -0.480 e. The van der Waals surface area contributed by atoms with Gasteiger partial charge in [0.25, 0.3) is 0 Å². The van der Waals surface area contributed by atoms with E-state index in [4.69, 9.17) is 0 Å². The minimum atomic E-state index is -1.18. The van der Waals surface area contributed by atoms with Crippen LogP contribution < -0.4 is 10.6 Å². The largest absolute Gasteiger partial charge is 0.480 e. The molecule has 0 aliphatic carbocycles. The van der Waals surface area contributed by atoms with Crippen LogP contribution in [0.1, 0.15) is 40.5 Å². The van der Waals surface area contributed by atoms with Crippen molar-refractivity contribution < 1.29 is 14.7 Å². The number of carbonyl (C=O) groups excluding carboxylic acids is 1. The normalized spacial score (nSPS) is 12.3. The van der Waals surface area contributed by atoms with Crippen molar-refractivity contribution in [1.82, 2.24) is 15.5 Å². The highest BCUT2D eigenvalue weighted by Gasteiger charge is 2.36. The molecule has 0 aliphatic heterocycles. The fraction of sp³-hybridized carbons (Fsp3) is 0.857. The first-order valence-electron chi connectivity index (χ1n) is 7.02. The number of amides is 2. The van der Waals surface area contributed by atoms with E-state index in [1.165, 1.54) is 0 Å². The first-order valence-corrected chi connectivity index (χ1v) is 7.02. The van der Waals surface area contributed by atoms with Gasteiger partial charge in [-0.25, -0.2) is 9.59 Å². The van der Waals surface area contributed by atoms with E-state index in [-0.39, 0.29) is 5.41 Å². The van der Waals surface area contributed by atoms with Crippen molar-refractivity contribution in [2.75, 3.05) is 27.2 Å². The Labute approximate surface area is 121 Å². The molecule has 20 heavy (non-hydrogen) atoms. The molecule has 6 nitrogen and oxygen atoms in total.